The van der Waals surface area contributed by atoms with Crippen LogP contribution in [0.3, 0.4) is 0 Å². The zero-order chi connectivity index (χ0) is 11.1. The number of aromatic nitrogens is 1. The smallest absolute Gasteiger partial charge is 0.213 e. The minimum Gasteiger partial charge on any atom is -0.475 e. The minimum absolute atomic E-state index is 0.517. The summed E-state index contributed by atoms with van der Waals surface area (Å²) in [6, 6.07) is 3.51. The summed E-state index contributed by atoms with van der Waals surface area (Å²) in [5, 5.41) is 0. The van der Waals surface area contributed by atoms with E-state index in [1.807, 2.05) is 0 Å². The highest BCUT2D eigenvalue weighted by atomic mass is 16.5. The molecule has 0 aliphatic heterocycles. The molecule has 0 aromatic carbocycles. The third kappa shape index (κ3) is 5.22. The predicted octanol–water partition coefficient (Wildman–Crippen LogP) is 1.72. The van der Waals surface area contributed by atoms with Crippen LogP contribution in [0.2, 0.25) is 0 Å². The molecule has 4 nitrogen and oxygen atoms in total. The lowest BCUT2D eigenvalue weighted by molar-refractivity contribution is 0.0806. The molecule has 0 amide bonds. The molecule has 1 aromatic rings. The standard InChI is InChI=1S/C11H18N2O2/c1-9(2)8-14-5-6-15-11-4-3-10(12)7-13-11/h3-4,7,9H,5-6,8,12H2,1-2H3. The Morgan fingerprint density at radius 2 is 2.13 bits per heavy atom. The van der Waals surface area contributed by atoms with Gasteiger partial charge in [-0.1, -0.05) is 13.8 Å². The summed E-state index contributed by atoms with van der Waals surface area (Å²) >= 11 is 0. The SMILES string of the molecule is CC(C)COCCOc1ccc(N)cn1. The van der Waals surface area contributed by atoms with Crippen molar-refractivity contribution >= 4 is 5.69 Å². The Kier molecular flexibility index (Phi) is 4.90. The lowest BCUT2D eigenvalue weighted by atomic mass is 10.2. The molecule has 0 radical (unpaired) electrons. The molecule has 0 spiro atoms. The van der Waals surface area contributed by atoms with Crippen molar-refractivity contribution in [3.8, 4) is 5.88 Å². The molecule has 0 aliphatic carbocycles. The molecule has 0 unspecified atom stereocenters. The maximum Gasteiger partial charge on any atom is 0.213 e. The summed E-state index contributed by atoms with van der Waals surface area (Å²) in [4.78, 5) is 4.01. The highest BCUT2D eigenvalue weighted by molar-refractivity contribution is 5.35. The van der Waals surface area contributed by atoms with Gasteiger partial charge in [-0.2, -0.15) is 0 Å². The predicted molar refractivity (Wildman–Crippen MR) is 59.8 cm³/mol. The molecule has 84 valence electrons. The van der Waals surface area contributed by atoms with Gasteiger partial charge in [0.05, 0.1) is 18.5 Å². The van der Waals surface area contributed by atoms with Crippen LogP contribution in [0.25, 0.3) is 0 Å². The Morgan fingerprint density at radius 1 is 1.33 bits per heavy atom. The molecule has 4 heteroatoms. The Morgan fingerprint density at radius 3 is 2.73 bits per heavy atom. The fourth-order valence-corrected chi connectivity index (χ4v) is 1.00. The van der Waals surface area contributed by atoms with Gasteiger partial charge in [-0.15, -0.1) is 0 Å². The van der Waals surface area contributed by atoms with Crippen molar-refractivity contribution in [2.45, 2.75) is 13.8 Å². The fourth-order valence-electron chi connectivity index (χ4n) is 1.00. The topological polar surface area (TPSA) is 57.4 Å². The fraction of sp³-hybridized carbons (Fsp3) is 0.545. The summed E-state index contributed by atoms with van der Waals surface area (Å²) in [6.07, 6.45) is 1.57. The van der Waals surface area contributed by atoms with Crippen LogP contribution in [0.1, 0.15) is 13.8 Å². The Hall–Kier alpha value is -1.29. The molecule has 0 saturated carbocycles. The van der Waals surface area contributed by atoms with Gasteiger partial charge in [0.2, 0.25) is 5.88 Å². The van der Waals surface area contributed by atoms with Gasteiger partial charge in [0, 0.05) is 12.7 Å². The maximum atomic E-state index is 5.49. The number of rotatable bonds is 6. The first kappa shape index (κ1) is 11.8. The second-order valence-electron chi connectivity index (χ2n) is 3.75. The van der Waals surface area contributed by atoms with Gasteiger partial charge in [-0.05, 0) is 12.0 Å². The molecule has 0 aliphatic rings. The average molecular weight is 210 g/mol. The molecule has 1 aromatic heterocycles. The summed E-state index contributed by atoms with van der Waals surface area (Å²) in [5.74, 6) is 1.14. The molecule has 1 rings (SSSR count). The summed E-state index contributed by atoms with van der Waals surface area (Å²) in [7, 11) is 0. The number of anilines is 1. The second-order valence-corrected chi connectivity index (χ2v) is 3.75. The van der Waals surface area contributed by atoms with E-state index in [1.165, 1.54) is 0 Å². The number of nitrogens with two attached hydrogens (primary N) is 1. The highest BCUT2D eigenvalue weighted by Crippen LogP contribution is 2.07. The minimum atomic E-state index is 0.517. The Bertz CT molecular complexity index is 272. The Balaban J connectivity index is 2.12. The van der Waals surface area contributed by atoms with Crippen molar-refractivity contribution in [2.75, 3.05) is 25.6 Å². The van der Waals surface area contributed by atoms with Crippen molar-refractivity contribution in [3.63, 3.8) is 0 Å². The van der Waals surface area contributed by atoms with Crippen molar-refractivity contribution < 1.29 is 9.47 Å². The lowest BCUT2D eigenvalue weighted by Gasteiger charge is -2.07. The first-order valence-corrected chi connectivity index (χ1v) is 5.10. The number of ether oxygens (including phenoxy) is 2. The van der Waals surface area contributed by atoms with Crippen LogP contribution in [0.5, 0.6) is 5.88 Å². The first-order chi connectivity index (χ1) is 7.18. The van der Waals surface area contributed by atoms with E-state index in [-0.39, 0.29) is 0 Å². The normalized spacial score (nSPS) is 10.6. The van der Waals surface area contributed by atoms with Gasteiger partial charge < -0.3 is 15.2 Å². The van der Waals surface area contributed by atoms with Gasteiger partial charge in [-0.25, -0.2) is 4.98 Å². The van der Waals surface area contributed by atoms with Crippen LogP contribution in [0.15, 0.2) is 18.3 Å². The highest BCUT2D eigenvalue weighted by Gasteiger charge is 1.96. The lowest BCUT2D eigenvalue weighted by Crippen LogP contribution is -2.10. The molecular formula is C11H18N2O2. The van der Waals surface area contributed by atoms with E-state index in [2.05, 4.69) is 18.8 Å². The van der Waals surface area contributed by atoms with E-state index in [1.54, 1.807) is 18.3 Å². The van der Waals surface area contributed by atoms with Gasteiger partial charge in [0.15, 0.2) is 0 Å². The number of nitrogen functional groups attached to an aromatic ring is 1. The van der Waals surface area contributed by atoms with E-state index >= 15 is 0 Å². The molecule has 0 atom stereocenters. The second kappa shape index (κ2) is 6.24. The number of hydrogen-bond donors (Lipinski definition) is 1. The van der Waals surface area contributed by atoms with Gasteiger partial charge >= 0.3 is 0 Å². The van der Waals surface area contributed by atoms with Crippen LogP contribution in [0, 0.1) is 5.92 Å². The van der Waals surface area contributed by atoms with Crippen LogP contribution < -0.4 is 10.5 Å². The summed E-state index contributed by atoms with van der Waals surface area (Å²) in [6.45, 7) is 6.09. The molecule has 0 saturated heterocycles. The number of nitrogens with zero attached hydrogens (tertiary/aromatic N) is 1. The van der Waals surface area contributed by atoms with Crippen LogP contribution in [-0.4, -0.2) is 24.8 Å². The maximum absolute atomic E-state index is 5.49. The third-order valence-electron chi connectivity index (χ3n) is 1.69. The van der Waals surface area contributed by atoms with E-state index in [9.17, 15) is 0 Å². The van der Waals surface area contributed by atoms with Gasteiger partial charge in [-0.3, -0.25) is 0 Å². The summed E-state index contributed by atoms with van der Waals surface area (Å²) < 4.78 is 10.7. The molecule has 1 heterocycles. The van der Waals surface area contributed by atoms with Crippen molar-refractivity contribution in [3.05, 3.63) is 18.3 Å². The molecular weight excluding hydrogens is 192 g/mol. The largest absolute Gasteiger partial charge is 0.475 e. The Labute approximate surface area is 90.4 Å². The molecule has 0 fully saturated rings. The summed E-state index contributed by atoms with van der Waals surface area (Å²) in [5.41, 5.74) is 6.13. The number of pyridine rings is 1. The monoisotopic (exact) mass is 210 g/mol. The van der Waals surface area contributed by atoms with Crippen LogP contribution in [0.4, 0.5) is 5.69 Å². The quantitative estimate of drug-likeness (QED) is 0.726. The molecule has 2 N–H and O–H groups in total. The van der Waals surface area contributed by atoms with E-state index in [4.69, 9.17) is 15.2 Å². The molecule has 0 bridgehead atoms. The van der Waals surface area contributed by atoms with Gasteiger partial charge in [0.1, 0.15) is 6.61 Å². The number of hydrogen-bond acceptors (Lipinski definition) is 4. The van der Waals surface area contributed by atoms with E-state index in [0.29, 0.717) is 30.7 Å². The zero-order valence-corrected chi connectivity index (χ0v) is 9.27. The van der Waals surface area contributed by atoms with E-state index in [0.717, 1.165) is 6.61 Å². The zero-order valence-electron chi connectivity index (χ0n) is 9.27. The van der Waals surface area contributed by atoms with E-state index < -0.39 is 0 Å². The molecule has 15 heavy (non-hydrogen) atoms. The average Bonchev–Trinajstić information content (AvgIpc) is 2.20. The first-order valence-electron chi connectivity index (χ1n) is 5.10. The van der Waals surface area contributed by atoms with Crippen molar-refractivity contribution in [1.82, 2.24) is 4.98 Å². The van der Waals surface area contributed by atoms with Crippen molar-refractivity contribution in [2.24, 2.45) is 5.92 Å². The van der Waals surface area contributed by atoms with Crippen LogP contribution in [-0.2, 0) is 4.74 Å². The van der Waals surface area contributed by atoms with Gasteiger partial charge in [0.25, 0.3) is 0 Å². The van der Waals surface area contributed by atoms with Crippen molar-refractivity contribution in [1.29, 1.82) is 0 Å². The third-order valence-corrected chi connectivity index (χ3v) is 1.69. The van der Waals surface area contributed by atoms with Crippen LogP contribution >= 0.6 is 0 Å².